The van der Waals surface area contributed by atoms with E-state index in [1.165, 1.54) is 0 Å². The van der Waals surface area contributed by atoms with E-state index in [9.17, 15) is 29.1 Å². The van der Waals surface area contributed by atoms with E-state index in [-0.39, 0.29) is 31.8 Å². The first-order chi connectivity index (χ1) is 17.8. The van der Waals surface area contributed by atoms with Crippen molar-refractivity contribution in [2.24, 2.45) is 28.1 Å². The van der Waals surface area contributed by atoms with Crippen molar-refractivity contribution < 1.29 is 34.2 Å². The molecule has 14 nitrogen and oxygen atoms in total. The number of amides is 3. The van der Waals surface area contributed by atoms with Crippen molar-refractivity contribution >= 4 is 35.6 Å². The van der Waals surface area contributed by atoms with Crippen LogP contribution in [-0.2, 0) is 30.4 Å². The van der Waals surface area contributed by atoms with Crippen LogP contribution in [0.25, 0.3) is 0 Å². The van der Waals surface area contributed by atoms with Gasteiger partial charge in [-0.1, -0.05) is 44.2 Å². The van der Waals surface area contributed by atoms with Gasteiger partial charge in [0.15, 0.2) is 5.96 Å². The number of nitrogens with one attached hydrogen (secondary N) is 3. The van der Waals surface area contributed by atoms with Crippen LogP contribution < -0.4 is 33.2 Å². The second-order valence-corrected chi connectivity index (χ2v) is 9.03. The average molecular weight is 536 g/mol. The Morgan fingerprint density at radius 3 is 2.03 bits per heavy atom. The van der Waals surface area contributed by atoms with Crippen LogP contribution in [-0.4, -0.2) is 76.5 Å². The molecule has 210 valence electrons. The molecule has 11 N–H and O–H groups in total. The lowest BCUT2D eigenvalue weighted by Gasteiger charge is -2.27. The number of hydrogen-bond acceptors (Lipinski definition) is 7. The Labute approximate surface area is 220 Å². The molecule has 0 aromatic heterocycles. The largest absolute Gasteiger partial charge is 0.481 e. The van der Waals surface area contributed by atoms with Gasteiger partial charge in [-0.3, -0.25) is 24.2 Å². The third-order valence-electron chi connectivity index (χ3n) is 5.45. The molecule has 0 aliphatic rings. The molecule has 4 atom stereocenters. The second kappa shape index (κ2) is 15.8. The second-order valence-electron chi connectivity index (χ2n) is 9.03. The highest BCUT2D eigenvalue weighted by atomic mass is 16.4. The summed E-state index contributed by atoms with van der Waals surface area (Å²) in [5.41, 5.74) is 17.5. The van der Waals surface area contributed by atoms with E-state index in [0.29, 0.717) is 0 Å². The van der Waals surface area contributed by atoms with Crippen LogP contribution in [0.15, 0.2) is 35.3 Å². The van der Waals surface area contributed by atoms with Crippen LogP contribution in [0.2, 0.25) is 0 Å². The highest BCUT2D eigenvalue weighted by molar-refractivity contribution is 5.94. The van der Waals surface area contributed by atoms with Gasteiger partial charge in [-0.15, -0.1) is 0 Å². The number of nitrogens with zero attached hydrogens (tertiary/aromatic N) is 1. The minimum atomic E-state index is -1.71. The van der Waals surface area contributed by atoms with E-state index in [1.807, 2.05) is 30.3 Å². The number of hydrogen-bond donors (Lipinski definition) is 8. The molecule has 0 fully saturated rings. The molecule has 0 aliphatic heterocycles. The van der Waals surface area contributed by atoms with Gasteiger partial charge < -0.3 is 43.4 Å². The van der Waals surface area contributed by atoms with Gasteiger partial charge in [-0.05, 0) is 30.7 Å². The molecule has 0 aliphatic carbocycles. The number of rotatable bonds is 16. The maximum absolute atomic E-state index is 13.1. The molecular formula is C24H37N7O7. The first-order valence-electron chi connectivity index (χ1n) is 12.0. The predicted octanol–water partition coefficient (Wildman–Crippen LogP) is -1.72. The molecule has 0 radical (unpaired) electrons. The summed E-state index contributed by atoms with van der Waals surface area (Å²) in [5, 5.41) is 25.5. The van der Waals surface area contributed by atoms with E-state index < -0.39 is 66.2 Å². The summed E-state index contributed by atoms with van der Waals surface area (Å²) < 4.78 is 0. The number of benzene rings is 1. The van der Waals surface area contributed by atoms with Crippen molar-refractivity contribution in [2.45, 2.75) is 63.7 Å². The standard InChI is InChI=1S/C24H37N7O7/c1-13(2)19(31-20(34)15(25)11-14-7-4-3-5-8-14)22(36)29-16(9-6-10-28-24(26)27)21(35)30-17(23(37)38)12-18(32)33/h3-5,7-8,13,15-17,19H,6,9-12,25H2,1-2H3,(H,29,36)(H,30,35)(H,31,34)(H,32,33)(H,37,38)(H4,26,27,28). The monoisotopic (exact) mass is 535 g/mol. The SMILES string of the molecule is CC(C)C(NC(=O)C(N)Cc1ccccc1)C(=O)NC(CCCN=C(N)N)C(=O)NC(CC(=O)O)C(=O)O. The summed E-state index contributed by atoms with van der Waals surface area (Å²) in [6, 6.07) is 4.13. The maximum atomic E-state index is 13.1. The molecule has 0 saturated heterocycles. The first-order valence-corrected chi connectivity index (χ1v) is 12.0. The zero-order valence-electron chi connectivity index (χ0n) is 21.4. The number of carboxylic acids is 2. The van der Waals surface area contributed by atoms with Crippen molar-refractivity contribution in [3.8, 4) is 0 Å². The zero-order chi connectivity index (χ0) is 28.8. The molecular weight excluding hydrogens is 498 g/mol. The fraction of sp³-hybridized carbons (Fsp3) is 0.500. The van der Waals surface area contributed by atoms with E-state index in [2.05, 4.69) is 20.9 Å². The highest BCUT2D eigenvalue weighted by Crippen LogP contribution is 2.08. The lowest BCUT2D eigenvalue weighted by Crippen LogP contribution is -2.58. The molecule has 0 bridgehead atoms. The third-order valence-corrected chi connectivity index (χ3v) is 5.45. The predicted molar refractivity (Wildman–Crippen MR) is 139 cm³/mol. The number of carboxylic acid groups (broad SMARTS) is 2. The van der Waals surface area contributed by atoms with E-state index in [4.69, 9.17) is 22.3 Å². The number of aliphatic carboxylic acids is 2. The molecule has 14 heteroatoms. The molecule has 1 rings (SSSR count). The fourth-order valence-electron chi connectivity index (χ4n) is 3.44. The van der Waals surface area contributed by atoms with Gasteiger partial charge in [0.05, 0.1) is 12.5 Å². The first kappa shape index (κ1) is 31.8. The van der Waals surface area contributed by atoms with Crippen LogP contribution in [0.1, 0.15) is 38.7 Å². The quantitative estimate of drug-likeness (QED) is 0.0675. The van der Waals surface area contributed by atoms with Crippen LogP contribution in [0, 0.1) is 5.92 Å². The number of guanidine groups is 1. The molecule has 38 heavy (non-hydrogen) atoms. The maximum Gasteiger partial charge on any atom is 0.326 e. The van der Waals surface area contributed by atoms with E-state index >= 15 is 0 Å². The topological polar surface area (TPSA) is 252 Å². The molecule has 0 heterocycles. The lowest BCUT2D eigenvalue weighted by atomic mass is 10.0. The normalized spacial score (nSPS) is 13.9. The Bertz CT molecular complexity index is 997. The minimum absolute atomic E-state index is 0.0000462. The number of carbonyl (C=O) groups is 5. The van der Waals surface area contributed by atoms with Crippen molar-refractivity contribution in [3.05, 3.63) is 35.9 Å². The third kappa shape index (κ3) is 11.7. The summed E-state index contributed by atoms with van der Waals surface area (Å²) in [4.78, 5) is 64.9. The van der Waals surface area contributed by atoms with Gasteiger partial charge in [-0.25, -0.2) is 4.79 Å². The smallest absolute Gasteiger partial charge is 0.326 e. The van der Waals surface area contributed by atoms with Gasteiger partial charge in [0.1, 0.15) is 18.1 Å². The van der Waals surface area contributed by atoms with Gasteiger partial charge in [-0.2, -0.15) is 0 Å². The van der Waals surface area contributed by atoms with Crippen LogP contribution in [0.4, 0.5) is 0 Å². The summed E-state index contributed by atoms with van der Waals surface area (Å²) in [6.07, 6.45) is -0.386. The molecule has 1 aromatic carbocycles. The number of nitrogens with two attached hydrogens (primary N) is 3. The van der Waals surface area contributed by atoms with Crippen molar-refractivity contribution in [1.82, 2.24) is 16.0 Å². The lowest BCUT2D eigenvalue weighted by molar-refractivity contribution is -0.147. The van der Waals surface area contributed by atoms with E-state index in [1.54, 1.807) is 13.8 Å². The molecule has 4 unspecified atom stereocenters. The van der Waals surface area contributed by atoms with Gasteiger partial charge in [0, 0.05) is 6.54 Å². The average Bonchev–Trinajstić information content (AvgIpc) is 2.83. The summed E-state index contributed by atoms with van der Waals surface area (Å²) in [5.74, 6) is -5.72. The van der Waals surface area contributed by atoms with Crippen LogP contribution >= 0.6 is 0 Å². The highest BCUT2D eigenvalue weighted by Gasteiger charge is 2.32. The van der Waals surface area contributed by atoms with Gasteiger partial charge >= 0.3 is 11.9 Å². The Morgan fingerprint density at radius 1 is 0.895 bits per heavy atom. The van der Waals surface area contributed by atoms with Crippen molar-refractivity contribution in [1.29, 1.82) is 0 Å². The van der Waals surface area contributed by atoms with Crippen molar-refractivity contribution in [3.63, 3.8) is 0 Å². The van der Waals surface area contributed by atoms with Crippen molar-refractivity contribution in [2.75, 3.05) is 6.54 Å². The zero-order valence-corrected chi connectivity index (χ0v) is 21.4. The summed E-state index contributed by atoms with van der Waals surface area (Å²) in [6.45, 7) is 3.50. The van der Waals surface area contributed by atoms with Crippen LogP contribution in [0.5, 0.6) is 0 Å². The summed E-state index contributed by atoms with van der Waals surface area (Å²) >= 11 is 0. The number of aliphatic imine (C=N–C) groups is 1. The molecule has 1 aromatic rings. The van der Waals surface area contributed by atoms with Gasteiger partial charge in [0.2, 0.25) is 17.7 Å². The Kier molecular flexibility index (Phi) is 13.2. The Hall–Kier alpha value is -4.20. The molecule has 3 amide bonds. The van der Waals surface area contributed by atoms with E-state index in [0.717, 1.165) is 5.56 Å². The summed E-state index contributed by atoms with van der Waals surface area (Å²) in [7, 11) is 0. The molecule has 0 saturated carbocycles. The Balaban J connectivity index is 2.98. The number of carbonyl (C=O) groups excluding carboxylic acids is 3. The molecule has 0 spiro atoms. The minimum Gasteiger partial charge on any atom is -0.481 e. The fourth-order valence-corrected chi connectivity index (χ4v) is 3.44. The van der Waals surface area contributed by atoms with Crippen LogP contribution in [0.3, 0.4) is 0 Å². The Morgan fingerprint density at radius 2 is 1.50 bits per heavy atom. The van der Waals surface area contributed by atoms with Gasteiger partial charge in [0.25, 0.3) is 0 Å².